The number of hydrogen-bond acceptors (Lipinski definition) is 3. The molecule has 0 aliphatic carbocycles. The minimum Gasteiger partial charge on any atom is -0.507 e. The number of phenolic OH excluding ortho intramolecular Hbond substituents is 1. The van der Waals surface area contributed by atoms with Gasteiger partial charge in [-0.1, -0.05) is 185 Å². The average Bonchev–Trinajstić information content (AvgIpc) is 3.64. The van der Waals surface area contributed by atoms with Gasteiger partial charge in [-0.15, -0.1) is 29.3 Å². The van der Waals surface area contributed by atoms with Crippen molar-refractivity contribution in [2.45, 2.75) is 112 Å². The van der Waals surface area contributed by atoms with Crippen molar-refractivity contribution in [3.8, 4) is 67.5 Å². The maximum absolute atomic E-state index is 12.2. The van der Waals surface area contributed by atoms with Crippen LogP contribution in [0.25, 0.3) is 72.7 Å². The third kappa shape index (κ3) is 9.18. The van der Waals surface area contributed by atoms with Crippen molar-refractivity contribution in [3.63, 3.8) is 0 Å². The molecule has 0 aliphatic rings. The SMILES string of the molecule is [2H]C([2H])([2H])c1ccc(-c2ccnc(-c3[c-]c(-c4cccc5c4nc(-c4cccc(C(C)(C)C)c4O)n5-c4ccc(-c5ccc(C(C)(C)C)cc5)cc4C(C)(C)C)cc(C(C)(C)C)c3)c2)cc1.[Pt]. The number of hydrogen-bond donors (Lipinski definition) is 1. The molecule has 0 spiro atoms. The fourth-order valence-electron chi connectivity index (χ4n) is 8.45. The van der Waals surface area contributed by atoms with Crippen molar-refractivity contribution >= 4 is 11.0 Å². The molecule has 0 saturated carbocycles. The Morgan fingerprint density at radius 3 is 1.75 bits per heavy atom. The zero-order valence-corrected chi connectivity index (χ0v) is 41.6. The summed E-state index contributed by atoms with van der Waals surface area (Å²) in [5.41, 5.74) is 14.9. The van der Waals surface area contributed by atoms with Crippen LogP contribution in [0.15, 0.2) is 134 Å². The number of benzene rings is 6. The zero-order valence-electron chi connectivity index (χ0n) is 42.3. The van der Waals surface area contributed by atoms with E-state index in [1.165, 1.54) is 5.56 Å². The molecule has 0 bridgehead atoms. The molecule has 0 fully saturated rings. The number of fused-ring (bicyclic) bond motifs is 1. The van der Waals surface area contributed by atoms with Gasteiger partial charge < -0.3 is 5.11 Å². The van der Waals surface area contributed by atoms with Gasteiger partial charge in [0.2, 0.25) is 0 Å². The number of rotatable bonds is 6. The molecule has 0 saturated heterocycles. The van der Waals surface area contributed by atoms with Gasteiger partial charge >= 0.3 is 0 Å². The third-order valence-corrected chi connectivity index (χ3v) is 12.2. The summed E-state index contributed by atoms with van der Waals surface area (Å²) in [6, 6.07) is 47.2. The minimum absolute atomic E-state index is 0. The number of para-hydroxylation sites is 2. The van der Waals surface area contributed by atoms with Crippen LogP contribution in [-0.2, 0) is 42.7 Å². The standard InChI is InChI=1S/C59H62N3O.Pt/c1-37-20-22-38(23-21-37)41-30-31-60-50(36-41)43-32-42(33-45(34-43)57(5,6)7)46-16-15-19-52-53(46)61-55(47-17-14-18-48(54(47)63)58(8,9)10)62(52)51-29-26-40(35-49(51)59(11,12)13)39-24-27-44(28-25-39)56(2,3)4;/h14-31,33-36,63H,1-13H3;/q-1;/i1D3;. The van der Waals surface area contributed by atoms with Gasteiger partial charge in [-0.05, 0) is 97.8 Å². The van der Waals surface area contributed by atoms with Crippen molar-refractivity contribution in [2.24, 2.45) is 0 Å². The van der Waals surface area contributed by atoms with Crippen molar-refractivity contribution in [2.75, 3.05) is 0 Å². The first kappa shape index (κ1) is 42.4. The van der Waals surface area contributed by atoms with E-state index in [9.17, 15) is 5.11 Å². The van der Waals surface area contributed by atoms with Crippen LogP contribution in [0.2, 0.25) is 0 Å². The maximum Gasteiger partial charge on any atom is 0.148 e. The van der Waals surface area contributed by atoms with E-state index in [4.69, 9.17) is 14.1 Å². The fourth-order valence-corrected chi connectivity index (χ4v) is 8.45. The first-order valence-corrected chi connectivity index (χ1v) is 22.0. The van der Waals surface area contributed by atoms with Gasteiger partial charge in [0.15, 0.2) is 0 Å². The molecule has 2 aromatic heterocycles. The molecule has 6 aromatic carbocycles. The van der Waals surface area contributed by atoms with Gasteiger partial charge in [0.1, 0.15) is 11.6 Å². The molecule has 0 aliphatic heterocycles. The van der Waals surface area contributed by atoms with Crippen LogP contribution in [0, 0.1) is 12.9 Å². The number of nitrogens with zero attached hydrogens (tertiary/aromatic N) is 3. The van der Waals surface area contributed by atoms with E-state index in [2.05, 4.69) is 167 Å². The summed E-state index contributed by atoms with van der Waals surface area (Å²) >= 11 is 0. The Hall–Kier alpha value is -5.57. The molecular formula is C59H62N3OPt-. The Morgan fingerprint density at radius 1 is 0.547 bits per heavy atom. The van der Waals surface area contributed by atoms with E-state index < -0.39 is 6.85 Å². The summed E-state index contributed by atoms with van der Waals surface area (Å²) in [7, 11) is 0. The molecule has 330 valence electrons. The van der Waals surface area contributed by atoms with Crippen LogP contribution in [0.4, 0.5) is 0 Å². The number of aromatic nitrogens is 3. The molecule has 64 heavy (non-hydrogen) atoms. The van der Waals surface area contributed by atoms with Crippen LogP contribution in [-0.4, -0.2) is 19.6 Å². The Balaban J connectivity index is 0.00000666. The van der Waals surface area contributed by atoms with Crippen molar-refractivity contribution in [1.29, 1.82) is 0 Å². The van der Waals surface area contributed by atoms with Crippen molar-refractivity contribution in [1.82, 2.24) is 14.5 Å². The molecule has 0 atom stereocenters. The van der Waals surface area contributed by atoms with Crippen LogP contribution >= 0.6 is 0 Å². The van der Waals surface area contributed by atoms with Gasteiger partial charge in [0.25, 0.3) is 0 Å². The second kappa shape index (κ2) is 17.1. The van der Waals surface area contributed by atoms with E-state index in [0.29, 0.717) is 17.0 Å². The third-order valence-electron chi connectivity index (χ3n) is 12.2. The Bertz CT molecular complexity index is 3100. The number of imidazole rings is 1. The Labute approximate surface area is 400 Å². The normalized spacial score (nSPS) is 13.3. The summed E-state index contributed by atoms with van der Waals surface area (Å²) in [5, 5.41) is 12.2. The van der Waals surface area contributed by atoms with Gasteiger partial charge in [-0.3, -0.25) is 9.55 Å². The van der Waals surface area contributed by atoms with Gasteiger partial charge in [-0.2, -0.15) is 0 Å². The predicted octanol–water partition coefficient (Wildman–Crippen LogP) is 15.8. The van der Waals surface area contributed by atoms with Crippen LogP contribution in [0.1, 0.15) is 115 Å². The molecule has 5 heteroatoms. The first-order valence-electron chi connectivity index (χ1n) is 23.5. The minimum atomic E-state index is -2.17. The van der Waals surface area contributed by atoms with Crippen molar-refractivity contribution < 1.29 is 30.3 Å². The first-order chi connectivity index (χ1) is 30.8. The topological polar surface area (TPSA) is 50.9 Å². The number of aryl methyl sites for hydroxylation is 1. The molecule has 4 nitrogen and oxygen atoms in total. The van der Waals surface area contributed by atoms with E-state index in [1.807, 2.05) is 42.5 Å². The molecule has 2 heterocycles. The molecule has 0 radical (unpaired) electrons. The average molecular weight is 1030 g/mol. The van der Waals surface area contributed by atoms with Crippen molar-refractivity contribution in [3.05, 3.63) is 167 Å². The maximum atomic E-state index is 12.2. The number of phenols is 1. The molecule has 1 N–H and O–H groups in total. The quantitative estimate of drug-likeness (QED) is 0.169. The second-order valence-corrected chi connectivity index (χ2v) is 21.2. The van der Waals surface area contributed by atoms with E-state index in [0.717, 1.165) is 78.0 Å². The van der Waals surface area contributed by atoms with E-state index in [1.54, 1.807) is 18.3 Å². The molecule has 0 unspecified atom stereocenters. The smallest absolute Gasteiger partial charge is 0.148 e. The summed E-state index contributed by atoms with van der Waals surface area (Å²) in [4.78, 5) is 10.4. The summed E-state index contributed by atoms with van der Waals surface area (Å²) in [5.74, 6) is 0.874. The van der Waals surface area contributed by atoms with Gasteiger partial charge in [0, 0.05) is 37.1 Å². The van der Waals surface area contributed by atoms with E-state index >= 15 is 0 Å². The molecular weight excluding hydrogens is 962 g/mol. The number of aromatic hydroxyl groups is 1. The summed E-state index contributed by atoms with van der Waals surface area (Å²) < 4.78 is 25.8. The second-order valence-electron chi connectivity index (χ2n) is 21.2. The molecule has 8 aromatic rings. The van der Waals surface area contributed by atoms with E-state index in [-0.39, 0.29) is 48.5 Å². The predicted molar refractivity (Wildman–Crippen MR) is 266 cm³/mol. The Morgan fingerprint density at radius 2 is 1.12 bits per heavy atom. The van der Waals surface area contributed by atoms with Crippen LogP contribution in [0.5, 0.6) is 5.75 Å². The largest absolute Gasteiger partial charge is 0.507 e. The Kier molecular flexibility index (Phi) is 11.3. The van der Waals surface area contributed by atoms with Crippen LogP contribution < -0.4 is 0 Å². The molecule has 0 amide bonds. The van der Waals surface area contributed by atoms with Gasteiger partial charge in [-0.25, -0.2) is 4.98 Å². The molecule has 8 rings (SSSR count). The van der Waals surface area contributed by atoms with Crippen LogP contribution in [0.3, 0.4) is 0 Å². The fraction of sp³-hybridized carbons (Fsp3) is 0.288. The summed E-state index contributed by atoms with van der Waals surface area (Å²) in [6.45, 7) is 24.3. The number of pyridine rings is 1. The zero-order chi connectivity index (χ0) is 47.7. The monoisotopic (exact) mass is 1030 g/mol. The van der Waals surface area contributed by atoms with Gasteiger partial charge in [0.05, 0.1) is 22.3 Å². The summed E-state index contributed by atoms with van der Waals surface area (Å²) in [6.07, 6.45) is 1.80.